The third kappa shape index (κ3) is 46.9. The van der Waals surface area contributed by atoms with Crippen molar-refractivity contribution >= 4 is 11.9 Å². The Morgan fingerprint density at radius 2 is 0.750 bits per heavy atom. The molecular formula is C58H111NO5. The Balaban J connectivity index is 4.53. The predicted octanol–water partition coefficient (Wildman–Crippen LogP) is 17.5. The van der Waals surface area contributed by atoms with E-state index in [9.17, 15) is 19.8 Å². The van der Waals surface area contributed by atoms with E-state index in [1.807, 2.05) is 0 Å². The number of nitrogens with one attached hydrogen (secondary N) is 1. The lowest BCUT2D eigenvalue weighted by atomic mass is 10.0. The number of aliphatic hydroxyl groups excluding tert-OH is 2. The SMILES string of the molecule is CCCCCCCC/C=C/CCCCCCCCCC(CC(=O)NC(CO)C(O)CCCCCCCCCCCC)OC(=O)CCCCCCC/C=C/CCCCCCCCCCC. The van der Waals surface area contributed by atoms with Crippen LogP contribution in [0.5, 0.6) is 0 Å². The first-order chi connectivity index (χ1) is 31.5. The van der Waals surface area contributed by atoms with Crippen LogP contribution < -0.4 is 5.32 Å². The van der Waals surface area contributed by atoms with Gasteiger partial charge in [0.05, 0.1) is 25.2 Å². The molecule has 0 aromatic rings. The minimum atomic E-state index is -0.786. The van der Waals surface area contributed by atoms with Crippen molar-refractivity contribution in [2.75, 3.05) is 6.61 Å². The van der Waals surface area contributed by atoms with Crippen molar-refractivity contribution < 1.29 is 24.5 Å². The molecule has 64 heavy (non-hydrogen) atoms. The van der Waals surface area contributed by atoms with Crippen molar-refractivity contribution in [3.8, 4) is 0 Å². The summed E-state index contributed by atoms with van der Waals surface area (Å²) in [4.78, 5) is 26.2. The topological polar surface area (TPSA) is 95.9 Å². The van der Waals surface area contributed by atoms with Crippen LogP contribution in [-0.4, -0.2) is 46.9 Å². The summed E-state index contributed by atoms with van der Waals surface area (Å²) in [5.74, 6) is -0.472. The lowest BCUT2D eigenvalue weighted by Crippen LogP contribution is -2.46. The molecule has 0 fully saturated rings. The molecule has 1 amide bonds. The molecule has 0 aliphatic rings. The summed E-state index contributed by atoms with van der Waals surface area (Å²) in [6, 6.07) is -0.701. The zero-order valence-electron chi connectivity index (χ0n) is 43.2. The van der Waals surface area contributed by atoms with Crippen LogP contribution in [0.15, 0.2) is 24.3 Å². The van der Waals surface area contributed by atoms with Gasteiger partial charge in [-0.25, -0.2) is 0 Å². The van der Waals surface area contributed by atoms with E-state index in [4.69, 9.17) is 4.74 Å². The van der Waals surface area contributed by atoms with Crippen LogP contribution in [0.1, 0.15) is 310 Å². The molecule has 0 rings (SSSR count). The summed E-state index contributed by atoms with van der Waals surface area (Å²) in [5, 5.41) is 23.8. The average Bonchev–Trinajstić information content (AvgIpc) is 3.29. The second-order valence-electron chi connectivity index (χ2n) is 19.7. The Morgan fingerprint density at radius 1 is 0.438 bits per heavy atom. The Hall–Kier alpha value is -1.66. The standard InChI is InChI=1S/C58H111NO5/c1-4-7-10-13-16-19-22-24-26-28-30-32-34-36-39-42-45-48-51-58(63)64-54(49-46-43-40-37-35-33-31-29-27-25-23-20-17-14-11-8-5-2)52-57(62)59-55(53-60)56(61)50-47-44-41-38-21-18-15-12-9-6-3/h25,27,30,32,54-56,60-61H,4-24,26,28-29,31,33-53H2,1-3H3,(H,59,62)/b27-25+,32-30+. The summed E-state index contributed by atoms with van der Waals surface area (Å²) < 4.78 is 5.96. The maximum atomic E-state index is 13.2. The van der Waals surface area contributed by atoms with Crippen LogP contribution in [0, 0.1) is 0 Å². The molecule has 0 bridgehead atoms. The zero-order chi connectivity index (χ0) is 46.7. The van der Waals surface area contributed by atoms with E-state index in [2.05, 4.69) is 50.4 Å². The summed E-state index contributed by atoms with van der Waals surface area (Å²) in [7, 11) is 0. The molecule has 0 spiro atoms. The highest BCUT2D eigenvalue weighted by Crippen LogP contribution is 2.18. The predicted molar refractivity (Wildman–Crippen MR) is 278 cm³/mol. The molecule has 3 unspecified atom stereocenters. The van der Waals surface area contributed by atoms with Crippen LogP contribution in [-0.2, 0) is 14.3 Å². The first-order valence-electron chi connectivity index (χ1n) is 28.6. The van der Waals surface area contributed by atoms with Gasteiger partial charge in [-0.3, -0.25) is 9.59 Å². The van der Waals surface area contributed by atoms with Crippen molar-refractivity contribution in [1.82, 2.24) is 5.32 Å². The molecule has 3 atom stereocenters. The lowest BCUT2D eigenvalue weighted by molar-refractivity contribution is -0.151. The number of ether oxygens (including phenoxy) is 1. The van der Waals surface area contributed by atoms with Crippen molar-refractivity contribution in [2.24, 2.45) is 0 Å². The number of aliphatic hydroxyl groups is 2. The van der Waals surface area contributed by atoms with Gasteiger partial charge >= 0.3 is 5.97 Å². The van der Waals surface area contributed by atoms with Gasteiger partial charge in [0.1, 0.15) is 6.10 Å². The maximum Gasteiger partial charge on any atom is 0.306 e. The smallest absolute Gasteiger partial charge is 0.306 e. The van der Waals surface area contributed by atoms with E-state index in [0.717, 1.165) is 64.2 Å². The summed E-state index contributed by atoms with van der Waals surface area (Å²) in [5.41, 5.74) is 0. The summed E-state index contributed by atoms with van der Waals surface area (Å²) in [6.45, 7) is 6.50. The molecule has 378 valence electrons. The third-order valence-electron chi connectivity index (χ3n) is 13.3. The molecule has 0 heterocycles. The molecule has 0 aliphatic carbocycles. The van der Waals surface area contributed by atoms with Gasteiger partial charge in [0.2, 0.25) is 5.91 Å². The number of amides is 1. The molecule has 6 heteroatoms. The van der Waals surface area contributed by atoms with Crippen LogP contribution >= 0.6 is 0 Å². The van der Waals surface area contributed by atoms with Crippen LogP contribution in [0.25, 0.3) is 0 Å². The van der Waals surface area contributed by atoms with E-state index in [-0.39, 0.29) is 24.9 Å². The van der Waals surface area contributed by atoms with Crippen LogP contribution in [0.2, 0.25) is 0 Å². The van der Waals surface area contributed by atoms with Gasteiger partial charge in [-0.15, -0.1) is 0 Å². The van der Waals surface area contributed by atoms with Gasteiger partial charge in [0.25, 0.3) is 0 Å². The fraction of sp³-hybridized carbons (Fsp3) is 0.897. The summed E-state index contributed by atoms with van der Waals surface area (Å²) >= 11 is 0. The highest BCUT2D eigenvalue weighted by atomic mass is 16.5. The van der Waals surface area contributed by atoms with Crippen molar-refractivity contribution in [1.29, 1.82) is 0 Å². The second-order valence-corrected chi connectivity index (χ2v) is 19.7. The van der Waals surface area contributed by atoms with Crippen molar-refractivity contribution in [3.05, 3.63) is 24.3 Å². The minimum Gasteiger partial charge on any atom is -0.462 e. The number of unbranched alkanes of at least 4 members (excludes halogenated alkanes) is 36. The highest BCUT2D eigenvalue weighted by Gasteiger charge is 2.24. The number of hydrogen-bond acceptors (Lipinski definition) is 5. The maximum absolute atomic E-state index is 13.2. The minimum absolute atomic E-state index is 0.0756. The molecule has 0 aromatic heterocycles. The molecule has 0 aromatic carbocycles. The van der Waals surface area contributed by atoms with Gasteiger partial charge in [-0.05, 0) is 77.0 Å². The van der Waals surface area contributed by atoms with E-state index in [1.54, 1.807) is 0 Å². The number of hydrogen-bond donors (Lipinski definition) is 3. The number of allylic oxidation sites excluding steroid dienone is 4. The van der Waals surface area contributed by atoms with E-state index < -0.39 is 18.2 Å². The average molecular weight is 903 g/mol. The molecular weight excluding hydrogens is 791 g/mol. The highest BCUT2D eigenvalue weighted by molar-refractivity contribution is 5.77. The van der Waals surface area contributed by atoms with Gasteiger partial charge in [-0.1, -0.05) is 244 Å². The Morgan fingerprint density at radius 3 is 1.11 bits per heavy atom. The van der Waals surface area contributed by atoms with Crippen LogP contribution in [0.4, 0.5) is 0 Å². The molecule has 0 aliphatic heterocycles. The Labute approximate surface area is 399 Å². The first-order valence-corrected chi connectivity index (χ1v) is 28.6. The molecule has 6 nitrogen and oxygen atoms in total. The number of carbonyl (C=O) groups excluding carboxylic acids is 2. The molecule has 3 N–H and O–H groups in total. The first kappa shape index (κ1) is 62.3. The van der Waals surface area contributed by atoms with E-state index in [1.165, 1.54) is 199 Å². The van der Waals surface area contributed by atoms with Crippen molar-refractivity contribution in [2.45, 2.75) is 328 Å². The quantitative estimate of drug-likeness (QED) is 0.0321. The number of esters is 1. The largest absolute Gasteiger partial charge is 0.462 e. The molecule has 0 saturated heterocycles. The Bertz CT molecular complexity index is 1010. The summed E-state index contributed by atoms with van der Waals surface area (Å²) in [6.07, 6.45) is 61.0. The van der Waals surface area contributed by atoms with Crippen LogP contribution in [0.3, 0.4) is 0 Å². The van der Waals surface area contributed by atoms with Gasteiger partial charge in [0, 0.05) is 6.42 Å². The molecule has 0 saturated carbocycles. The fourth-order valence-corrected chi connectivity index (χ4v) is 8.89. The zero-order valence-corrected chi connectivity index (χ0v) is 43.2. The normalized spacial score (nSPS) is 13.3. The Kier molecular flexibility index (Phi) is 51.0. The monoisotopic (exact) mass is 902 g/mol. The van der Waals surface area contributed by atoms with E-state index >= 15 is 0 Å². The molecule has 0 radical (unpaired) electrons. The van der Waals surface area contributed by atoms with E-state index in [0.29, 0.717) is 19.3 Å². The van der Waals surface area contributed by atoms with Gasteiger partial charge in [0.15, 0.2) is 0 Å². The number of carbonyl (C=O) groups is 2. The van der Waals surface area contributed by atoms with Gasteiger partial charge < -0.3 is 20.3 Å². The lowest BCUT2D eigenvalue weighted by Gasteiger charge is -2.24. The second kappa shape index (κ2) is 52.3. The van der Waals surface area contributed by atoms with Gasteiger partial charge in [-0.2, -0.15) is 0 Å². The fourth-order valence-electron chi connectivity index (χ4n) is 8.89. The number of rotatable bonds is 52. The van der Waals surface area contributed by atoms with Crippen molar-refractivity contribution in [3.63, 3.8) is 0 Å². The third-order valence-corrected chi connectivity index (χ3v) is 13.3.